The molecule has 1 heterocycles. The van der Waals surface area contributed by atoms with Gasteiger partial charge < -0.3 is 0 Å². The Bertz CT molecular complexity index is 895. The van der Waals surface area contributed by atoms with Crippen molar-refractivity contribution in [3.05, 3.63) is 64.3 Å². The molecule has 2 aromatic carbocycles. The van der Waals surface area contributed by atoms with Crippen LogP contribution in [0.5, 0.6) is 0 Å². The third kappa shape index (κ3) is 2.41. The fourth-order valence-corrected chi connectivity index (χ4v) is 2.68. The molecule has 0 aliphatic carbocycles. The molecule has 0 aliphatic heterocycles. The number of aromatic nitrogens is 2. The van der Waals surface area contributed by atoms with E-state index in [4.69, 9.17) is 0 Å². The average molecular weight is 296 g/mol. The van der Waals surface area contributed by atoms with E-state index in [0.29, 0.717) is 5.69 Å². The maximum Gasteiger partial charge on any atom is 0.348 e. The van der Waals surface area contributed by atoms with Gasteiger partial charge in [0.25, 0.3) is 0 Å². The van der Waals surface area contributed by atoms with Crippen LogP contribution in [0.2, 0.25) is 0 Å². The summed E-state index contributed by atoms with van der Waals surface area (Å²) in [6.07, 6.45) is 0. The first kappa shape index (κ1) is 14.4. The van der Waals surface area contributed by atoms with Gasteiger partial charge in [0.15, 0.2) is 0 Å². The molecule has 0 atom stereocenters. The predicted octanol–water partition coefficient (Wildman–Crippen LogP) is 4.09. The van der Waals surface area contributed by atoms with Crippen LogP contribution in [0.15, 0.2) is 47.3 Å². The number of hydrogen-bond acceptors (Lipinski definition) is 2. The third-order valence-corrected chi connectivity index (χ3v) is 3.72. The summed E-state index contributed by atoms with van der Waals surface area (Å²) in [6.45, 7) is 5.91. The zero-order valence-corrected chi connectivity index (χ0v) is 12.8. The van der Waals surface area contributed by atoms with Gasteiger partial charge in [0.05, 0.1) is 11.2 Å². The van der Waals surface area contributed by atoms with Gasteiger partial charge in [0.2, 0.25) is 0 Å². The first-order chi connectivity index (χ1) is 10.5. The summed E-state index contributed by atoms with van der Waals surface area (Å²) in [5.41, 5.74) is 2.99. The van der Waals surface area contributed by atoms with E-state index in [2.05, 4.69) is 4.98 Å². The van der Waals surface area contributed by atoms with Gasteiger partial charge in [-0.25, -0.2) is 9.18 Å². The number of aryl methyl sites for hydroxylation is 1. The van der Waals surface area contributed by atoms with E-state index < -0.39 is 0 Å². The largest absolute Gasteiger partial charge is 0.348 e. The van der Waals surface area contributed by atoms with Crippen LogP contribution in [0.3, 0.4) is 0 Å². The van der Waals surface area contributed by atoms with E-state index >= 15 is 0 Å². The van der Waals surface area contributed by atoms with E-state index in [1.807, 2.05) is 39.0 Å². The van der Waals surface area contributed by atoms with Gasteiger partial charge in [0, 0.05) is 17.0 Å². The smallest absolute Gasteiger partial charge is 0.289 e. The van der Waals surface area contributed by atoms with Crippen molar-refractivity contribution in [3.8, 4) is 11.3 Å². The molecule has 3 aromatic rings. The Morgan fingerprint density at radius 3 is 2.41 bits per heavy atom. The van der Waals surface area contributed by atoms with E-state index in [0.717, 1.165) is 22.0 Å². The molecule has 4 heteroatoms. The zero-order valence-electron chi connectivity index (χ0n) is 12.8. The number of halogens is 1. The number of rotatable bonds is 2. The monoisotopic (exact) mass is 296 g/mol. The SMILES string of the molecule is Cc1ccc2c(-c3ccc(F)cc3)nc(=O)n(C(C)C)c2c1. The Labute approximate surface area is 128 Å². The van der Waals surface area contributed by atoms with Crippen molar-refractivity contribution >= 4 is 10.9 Å². The van der Waals surface area contributed by atoms with Gasteiger partial charge in [-0.3, -0.25) is 4.57 Å². The number of hydrogen-bond donors (Lipinski definition) is 0. The molecular formula is C18H17FN2O. The quantitative estimate of drug-likeness (QED) is 0.714. The molecule has 3 rings (SSSR count). The molecule has 0 spiro atoms. The Balaban J connectivity index is 2.40. The molecule has 0 amide bonds. The summed E-state index contributed by atoms with van der Waals surface area (Å²) in [6, 6.07) is 12.0. The van der Waals surface area contributed by atoms with Crippen LogP contribution in [0.1, 0.15) is 25.5 Å². The Morgan fingerprint density at radius 1 is 1.09 bits per heavy atom. The highest BCUT2D eigenvalue weighted by Crippen LogP contribution is 2.27. The molecule has 0 fully saturated rings. The summed E-state index contributed by atoms with van der Waals surface area (Å²) in [4.78, 5) is 16.7. The van der Waals surface area contributed by atoms with E-state index in [1.54, 1.807) is 16.7 Å². The van der Waals surface area contributed by atoms with Gasteiger partial charge in [-0.05, 0) is 56.7 Å². The van der Waals surface area contributed by atoms with E-state index in [-0.39, 0.29) is 17.5 Å². The molecule has 1 aromatic heterocycles. The molecule has 0 unspecified atom stereocenters. The molecule has 0 saturated heterocycles. The summed E-state index contributed by atoms with van der Waals surface area (Å²) >= 11 is 0. The van der Waals surface area contributed by atoms with Gasteiger partial charge in [-0.2, -0.15) is 4.98 Å². The molecule has 0 N–H and O–H groups in total. The lowest BCUT2D eigenvalue weighted by Crippen LogP contribution is -2.25. The lowest BCUT2D eigenvalue weighted by molar-refractivity contribution is 0.587. The van der Waals surface area contributed by atoms with Crippen molar-refractivity contribution in [3.63, 3.8) is 0 Å². The van der Waals surface area contributed by atoms with Crippen molar-refractivity contribution in [2.45, 2.75) is 26.8 Å². The van der Waals surface area contributed by atoms with Crippen molar-refractivity contribution in [1.82, 2.24) is 9.55 Å². The summed E-state index contributed by atoms with van der Waals surface area (Å²) in [5.74, 6) is -0.306. The normalized spacial score (nSPS) is 11.3. The van der Waals surface area contributed by atoms with Crippen molar-refractivity contribution in [2.75, 3.05) is 0 Å². The topological polar surface area (TPSA) is 34.9 Å². The van der Waals surface area contributed by atoms with Crippen LogP contribution < -0.4 is 5.69 Å². The highest BCUT2D eigenvalue weighted by Gasteiger charge is 2.14. The third-order valence-electron chi connectivity index (χ3n) is 3.72. The second-order valence-corrected chi connectivity index (χ2v) is 5.73. The summed E-state index contributed by atoms with van der Waals surface area (Å²) < 4.78 is 14.8. The molecular weight excluding hydrogens is 279 g/mol. The first-order valence-electron chi connectivity index (χ1n) is 7.26. The van der Waals surface area contributed by atoms with Crippen LogP contribution in [-0.4, -0.2) is 9.55 Å². The summed E-state index contributed by atoms with van der Waals surface area (Å²) in [5, 5.41) is 0.894. The van der Waals surface area contributed by atoms with E-state index in [9.17, 15) is 9.18 Å². The lowest BCUT2D eigenvalue weighted by atomic mass is 10.0. The summed E-state index contributed by atoms with van der Waals surface area (Å²) in [7, 11) is 0. The fraction of sp³-hybridized carbons (Fsp3) is 0.222. The molecule has 3 nitrogen and oxygen atoms in total. The highest BCUT2D eigenvalue weighted by molar-refractivity contribution is 5.92. The van der Waals surface area contributed by atoms with Crippen LogP contribution in [0.4, 0.5) is 4.39 Å². The predicted molar refractivity (Wildman–Crippen MR) is 86.5 cm³/mol. The van der Waals surface area contributed by atoms with Gasteiger partial charge in [0.1, 0.15) is 5.82 Å². The van der Waals surface area contributed by atoms with Gasteiger partial charge in [-0.15, -0.1) is 0 Å². The minimum atomic E-state index is -0.306. The van der Waals surface area contributed by atoms with Crippen LogP contribution >= 0.6 is 0 Å². The Morgan fingerprint density at radius 2 is 1.77 bits per heavy atom. The molecule has 0 bridgehead atoms. The maximum absolute atomic E-state index is 13.1. The lowest BCUT2D eigenvalue weighted by Gasteiger charge is -2.16. The van der Waals surface area contributed by atoms with Gasteiger partial charge in [-0.1, -0.05) is 12.1 Å². The molecule has 0 radical (unpaired) electrons. The number of fused-ring (bicyclic) bond motifs is 1. The number of nitrogens with zero attached hydrogens (tertiary/aromatic N) is 2. The number of benzene rings is 2. The van der Waals surface area contributed by atoms with Gasteiger partial charge >= 0.3 is 5.69 Å². The Hall–Kier alpha value is -2.49. The van der Waals surface area contributed by atoms with Crippen LogP contribution in [0.25, 0.3) is 22.2 Å². The van der Waals surface area contributed by atoms with Crippen LogP contribution in [-0.2, 0) is 0 Å². The zero-order chi connectivity index (χ0) is 15.9. The molecule has 0 aliphatic rings. The fourth-order valence-electron chi connectivity index (χ4n) is 2.68. The second-order valence-electron chi connectivity index (χ2n) is 5.73. The molecule has 0 saturated carbocycles. The standard InChI is InChI=1S/C18H17FN2O/c1-11(2)21-16-10-12(3)4-9-15(16)17(20-18(21)22)13-5-7-14(19)8-6-13/h4-11H,1-3H3. The highest BCUT2D eigenvalue weighted by atomic mass is 19.1. The van der Waals surface area contributed by atoms with Crippen molar-refractivity contribution in [1.29, 1.82) is 0 Å². The van der Waals surface area contributed by atoms with Crippen LogP contribution in [0, 0.1) is 12.7 Å². The molecule has 112 valence electrons. The maximum atomic E-state index is 13.1. The van der Waals surface area contributed by atoms with Crippen molar-refractivity contribution < 1.29 is 4.39 Å². The first-order valence-corrected chi connectivity index (χ1v) is 7.26. The van der Waals surface area contributed by atoms with Crippen molar-refractivity contribution in [2.24, 2.45) is 0 Å². The van der Waals surface area contributed by atoms with E-state index in [1.165, 1.54) is 12.1 Å². The minimum absolute atomic E-state index is 0.0200. The average Bonchev–Trinajstić information content (AvgIpc) is 2.46. The molecule has 22 heavy (non-hydrogen) atoms. The second kappa shape index (κ2) is 5.37. The Kier molecular flexibility index (Phi) is 3.53. The minimum Gasteiger partial charge on any atom is -0.289 e.